The number of rotatable bonds is 3. The summed E-state index contributed by atoms with van der Waals surface area (Å²) < 4.78 is 19.4. The van der Waals surface area contributed by atoms with Gasteiger partial charge < -0.3 is 4.74 Å². The number of carbonyl (C=O) groups is 1. The Kier molecular flexibility index (Phi) is 4.17. The highest BCUT2D eigenvalue weighted by Crippen LogP contribution is 2.27. The van der Waals surface area contributed by atoms with Crippen LogP contribution in [-0.2, 0) is 4.74 Å². The van der Waals surface area contributed by atoms with E-state index in [2.05, 4.69) is 15.9 Å². The Hall–Kier alpha value is -0.450. The molecule has 0 aromatic heterocycles. The summed E-state index contributed by atoms with van der Waals surface area (Å²) in [6, 6.07) is 2.57. The Bertz CT molecular complexity index is 444. The minimum Gasteiger partial charge on any atom is -0.378 e. The van der Waals surface area contributed by atoms with Gasteiger partial charge in [-0.15, -0.1) is 0 Å². The summed E-state index contributed by atoms with van der Waals surface area (Å²) in [5.74, 6) is -0.812. The van der Waals surface area contributed by atoms with Gasteiger partial charge >= 0.3 is 0 Å². The molecule has 1 fully saturated rings. The highest BCUT2D eigenvalue weighted by molar-refractivity contribution is 9.10. The fourth-order valence-corrected chi connectivity index (χ4v) is 2.34. The van der Waals surface area contributed by atoms with Crippen molar-refractivity contribution in [2.24, 2.45) is 0 Å². The van der Waals surface area contributed by atoms with E-state index >= 15 is 0 Å². The third-order valence-electron chi connectivity index (χ3n) is 2.75. The zero-order valence-corrected chi connectivity index (χ0v) is 11.4. The number of halogens is 3. The molecule has 1 aliphatic rings. The Balaban J connectivity index is 2.15. The van der Waals surface area contributed by atoms with Gasteiger partial charge in [0.25, 0.3) is 0 Å². The molecule has 2 rings (SSSR count). The van der Waals surface area contributed by atoms with Gasteiger partial charge in [0.15, 0.2) is 5.78 Å². The van der Waals surface area contributed by atoms with Gasteiger partial charge in [0.05, 0.1) is 16.7 Å². The minimum atomic E-state index is -0.552. The van der Waals surface area contributed by atoms with Crippen LogP contribution in [0.15, 0.2) is 16.6 Å². The van der Waals surface area contributed by atoms with Crippen molar-refractivity contribution in [2.45, 2.75) is 25.4 Å². The van der Waals surface area contributed by atoms with Crippen LogP contribution in [0.1, 0.15) is 29.6 Å². The standard InChI is InChI=1S/C12H11BrClFO2/c13-9-6-11(15)8(5-10(9)14)12(16)4-7-2-1-3-17-7/h5-7H,1-4H2. The summed E-state index contributed by atoms with van der Waals surface area (Å²) in [5, 5.41) is 0.335. The van der Waals surface area contributed by atoms with Gasteiger partial charge in [-0.1, -0.05) is 11.6 Å². The molecule has 1 unspecified atom stereocenters. The average molecular weight is 322 g/mol. The van der Waals surface area contributed by atoms with Crippen molar-refractivity contribution in [3.05, 3.63) is 33.0 Å². The molecule has 1 aliphatic heterocycles. The van der Waals surface area contributed by atoms with E-state index in [0.29, 0.717) is 16.1 Å². The number of ketones is 1. The van der Waals surface area contributed by atoms with Crippen molar-refractivity contribution in [3.63, 3.8) is 0 Å². The Morgan fingerprint density at radius 1 is 1.59 bits per heavy atom. The van der Waals surface area contributed by atoms with E-state index < -0.39 is 5.82 Å². The molecule has 2 nitrogen and oxygen atoms in total. The number of carbonyl (C=O) groups excluding carboxylic acids is 1. The van der Waals surface area contributed by atoms with Crippen LogP contribution in [0.3, 0.4) is 0 Å². The molecule has 92 valence electrons. The van der Waals surface area contributed by atoms with Gasteiger partial charge in [0.2, 0.25) is 0 Å². The van der Waals surface area contributed by atoms with Crippen LogP contribution in [0.5, 0.6) is 0 Å². The van der Waals surface area contributed by atoms with Crippen LogP contribution in [0, 0.1) is 5.82 Å². The predicted molar refractivity (Wildman–Crippen MR) is 67.0 cm³/mol. The molecule has 1 aromatic carbocycles. The molecule has 0 aliphatic carbocycles. The maximum absolute atomic E-state index is 13.6. The van der Waals surface area contributed by atoms with E-state index in [4.69, 9.17) is 16.3 Å². The molecule has 1 aromatic rings. The second-order valence-corrected chi connectivity index (χ2v) is 5.27. The average Bonchev–Trinajstić information content (AvgIpc) is 2.76. The molecule has 0 bridgehead atoms. The summed E-state index contributed by atoms with van der Waals surface area (Å²) in [4.78, 5) is 11.9. The van der Waals surface area contributed by atoms with E-state index in [1.165, 1.54) is 12.1 Å². The van der Waals surface area contributed by atoms with E-state index in [0.717, 1.165) is 12.8 Å². The van der Waals surface area contributed by atoms with Crippen molar-refractivity contribution in [2.75, 3.05) is 6.61 Å². The Morgan fingerprint density at radius 3 is 3.00 bits per heavy atom. The van der Waals surface area contributed by atoms with Gasteiger partial charge in [-0.3, -0.25) is 4.79 Å². The summed E-state index contributed by atoms with van der Waals surface area (Å²) in [7, 11) is 0. The molecule has 0 amide bonds. The van der Waals surface area contributed by atoms with Gasteiger partial charge in [-0.2, -0.15) is 0 Å². The van der Waals surface area contributed by atoms with Gasteiger partial charge in [-0.25, -0.2) is 4.39 Å². The lowest BCUT2D eigenvalue weighted by molar-refractivity contribution is 0.0772. The Morgan fingerprint density at radius 2 is 2.35 bits per heavy atom. The number of ether oxygens (including phenoxy) is 1. The van der Waals surface area contributed by atoms with E-state index in [1.54, 1.807) is 0 Å². The van der Waals surface area contributed by atoms with Crippen molar-refractivity contribution in [1.82, 2.24) is 0 Å². The quantitative estimate of drug-likeness (QED) is 0.621. The summed E-state index contributed by atoms with van der Waals surface area (Å²) in [5.41, 5.74) is 0.0358. The molecule has 0 saturated carbocycles. The normalized spacial score (nSPS) is 19.6. The highest BCUT2D eigenvalue weighted by atomic mass is 79.9. The largest absolute Gasteiger partial charge is 0.378 e. The first kappa shape index (κ1) is 13.0. The zero-order valence-electron chi connectivity index (χ0n) is 9.01. The fourth-order valence-electron chi connectivity index (χ4n) is 1.86. The number of hydrogen-bond acceptors (Lipinski definition) is 2. The third kappa shape index (κ3) is 3.06. The van der Waals surface area contributed by atoms with Gasteiger partial charge in [0, 0.05) is 17.5 Å². The fraction of sp³-hybridized carbons (Fsp3) is 0.417. The van der Waals surface area contributed by atoms with E-state index in [-0.39, 0.29) is 23.9 Å². The van der Waals surface area contributed by atoms with Crippen LogP contribution >= 0.6 is 27.5 Å². The van der Waals surface area contributed by atoms with Crippen molar-refractivity contribution < 1.29 is 13.9 Å². The van der Waals surface area contributed by atoms with E-state index in [9.17, 15) is 9.18 Å². The summed E-state index contributed by atoms with van der Waals surface area (Å²) in [6.45, 7) is 0.682. The summed E-state index contributed by atoms with van der Waals surface area (Å²) in [6.07, 6.45) is 1.96. The van der Waals surface area contributed by atoms with E-state index in [1.807, 2.05) is 0 Å². The molecule has 0 radical (unpaired) electrons. The topological polar surface area (TPSA) is 26.3 Å². The van der Waals surface area contributed by atoms with Crippen LogP contribution < -0.4 is 0 Å². The molecule has 0 spiro atoms. The maximum atomic E-state index is 13.6. The number of Topliss-reactive ketones (excluding diaryl/α,β-unsaturated/α-hetero) is 1. The molecule has 17 heavy (non-hydrogen) atoms. The van der Waals surface area contributed by atoms with Gasteiger partial charge in [0.1, 0.15) is 5.82 Å². The lowest BCUT2D eigenvalue weighted by Gasteiger charge is -2.09. The molecule has 1 atom stereocenters. The number of benzene rings is 1. The second-order valence-electron chi connectivity index (χ2n) is 4.01. The first-order valence-electron chi connectivity index (χ1n) is 5.37. The summed E-state index contributed by atoms with van der Waals surface area (Å²) >= 11 is 8.96. The third-order valence-corrected chi connectivity index (χ3v) is 3.94. The SMILES string of the molecule is O=C(CC1CCCO1)c1cc(Cl)c(Br)cc1F. The smallest absolute Gasteiger partial charge is 0.168 e. The maximum Gasteiger partial charge on any atom is 0.168 e. The molecule has 1 saturated heterocycles. The first-order valence-corrected chi connectivity index (χ1v) is 6.54. The van der Waals surface area contributed by atoms with Crippen molar-refractivity contribution >= 4 is 33.3 Å². The second kappa shape index (κ2) is 5.46. The number of hydrogen-bond donors (Lipinski definition) is 0. The molecule has 5 heteroatoms. The van der Waals surface area contributed by atoms with Crippen molar-refractivity contribution in [1.29, 1.82) is 0 Å². The van der Waals surface area contributed by atoms with Crippen molar-refractivity contribution in [3.8, 4) is 0 Å². The van der Waals surface area contributed by atoms with Crippen LogP contribution in [0.4, 0.5) is 4.39 Å². The monoisotopic (exact) mass is 320 g/mol. The Labute approximate surface area is 112 Å². The first-order chi connectivity index (χ1) is 8.08. The van der Waals surface area contributed by atoms with Crippen LogP contribution in [0.2, 0.25) is 5.02 Å². The molecule has 0 N–H and O–H groups in total. The lowest BCUT2D eigenvalue weighted by Crippen LogP contribution is -2.13. The molecular formula is C12H11BrClFO2. The highest BCUT2D eigenvalue weighted by Gasteiger charge is 2.22. The van der Waals surface area contributed by atoms with Crippen LogP contribution in [0.25, 0.3) is 0 Å². The minimum absolute atomic E-state index is 0.0358. The van der Waals surface area contributed by atoms with Gasteiger partial charge in [-0.05, 0) is 40.9 Å². The molecule has 1 heterocycles. The van der Waals surface area contributed by atoms with Crippen LogP contribution in [-0.4, -0.2) is 18.5 Å². The predicted octanol–water partition coefficient (Wildman–Crippen LogP) is 3.99. The zero-order chi connectivity index (χ0) is 12.4. The molecular weight excluding hydrogens is 310 g/mol. The lowest BCUT2D eigenvalue weighted by atomic mass is 10.0.